The van der Waals surface area contributed by atoms with Gasteiger partial charge in [0, 0.05) is 12.1 Å². The monoisotopic (exact) mass is 221 g/mol. The zero-order valence-electron chi connectivity index (χ0n) is 6.85. The summed E-state index contributed by atoms with van der Waals surface area (Å²) in [4.78, 5) is 10.8. The Labute approximate surface area is 83.5 Å². The van der Waals surface area contributed by atoms with Gasteiger partial charge >= 0.3 is 0 Å². The van der Waals surface area contributed by atoms with Gasteiger partial charge in [0.2, 0.25) is 5.91 Å². The van der Waals surface area contributed by atoms with Crippen LogP contribution in [0.5, 0.6) is 0 Å². The highest BCUT2D eigenvalue weighted by Gasteiger charge is 2.13. The number of rotatable bonds is 2. The van der Waals surface area contributed by atoms with Gasteiger partial charge in [-0.2, -0.15) is 12.6 Å². The molecule has 0 unspecified atom stereocenters. The largest absolute Gasteiger partial charge is 0.320 e. The Bertz CT molecular complexity index is 347. The lowest BCUT2D eigenvalue weighted by Crippen LogP contribution is -2.15. The molecule has 6 heteroatoms. The second kappa shape index (κ2) is 4.36. The zero-order chi connectivity index (χ0) is 10.7. The molecule has 1 rings (SSSR count). The topological polar surface area (TPSA) is 29.1 Å². The van der Waals surface area contributed by atoms with Gasteiger partial charge in [0.15, 0.2) is 11.6 Å². The van der Waals surface area contributed by atoms with E-state index in [1.165, 1.54) is 0 Å². The summed E-state index contributed by atoms with van der Waals surface area (Å²) in [7, 11) is 0. The van der Waals surface area contributed by atoms with E-state index < -0.39 is 29.0 Å². The summed E-state index contributed by atoms with van der Waals surface area (Å²) in [6.45, 7) is 0. The second-order valence-electron chi connectivity index (χ2n) is 2.45. The van der Waals surface area contributed by atoms with Gasteiger partial charge in [0.1, 0.15) is 11.5 Å². The van der Waals surface area contributed by atoms with Crippen LogP contribution < -0.4 is 5.32 Å². The van der Waals surface area contributed by atoms with Gasteiger partial charge in [-0.25, -0.2) is 13.2 Å². The highest BCUT2D eigenvalue weighted by Crippen LogP contribution is 2.19. The fourth-order valence-electron chi connectivity index (χ4n) is 0.841. The van der Waals surface area contributed by atoms with E-state index in [-0.39, 0.29) is 5.75 Å². The number of benzene rings is 1. The minimum Gasteiger partial charge on any atom is -0.320 e. The molecule has 0 saturated heterocycles. The number of hydrogen-bond donors (Lipinski definition) is 2. The lowest BCUT2D eigenvalue weighted by Gasteiger charge is -2.05. The molecule has 0 heterocycles. The summed E-state index contributed by atoms with van der Waals surface area (Å²) in [6, 6.07) is 0.967. The fraction of sp³-hybridized carbons (Fsp3) is 0.125. The predicted octanol–water partition coefficient (Wildman–Crippen LogP) is 1.97. The van der Waals surface area contributed by atoms with Crippen molar-refractivity contribution < 1.29 is 18.0 Å². The SMILES string of the molecule is O=C(CS)Nc1c(F)cc(F)cc1F. The smallest absolute Gasteiger partial charge is 0.234 e. The molecular formula is C8H6F3NOS. The molecule has 0 bridgehead atoms. The highest BCUT2D eigenvalue weighted by atomic mass is 32.1. The summed E-state index contributed by atoms with van der Waals surface area (Å²) in [5.74, 6) is -4.23. The minimum atomic E-state index is -1.15. The Hall–Kier alpha value is -1.17. The lowest BCUT2D eigenvalue weighted by atomic mass is 10.3. The Morgan fingerprint density at radius 3 is 2.21 bits per heavy atom. The summed E-state index contributed by atoms with van der Waals surface area (Å²) in [5, 5.41) is 1.92. The van der Waals surface area contributed by atoms with Crippen molar-refractivity contribution in [2.75, 3.05) is 11.1 Å². The van der Waals surface area contributed by atoms with Crippen LogP contribution in [-0.4, -0.2) is 11.7 Å². The van der Waals surface area contributed by atoms with Crippen molar-refractivity contribution in [3.8, 4) is 0 Å². The first kappa shape index (κ1) is 10.9. The third-order valence-electron chi connectivity index (χ3n) is 1.41. The molecule has 1 amide bonds. The normalized spacial score (nSPS) is 10.0. The Morgan fingerprint density at radius 2 is 1.79 bits per heavy atom. The van der Waals surface area contributed by atoms with Crippen LogP contribution in [0.4, 0.5) is 18.9 Å². The number of carbonyl (C=O) groups excluding carboxylic acids is 1. The molecule has 0 aromatic heterocycles. The number of nitrogens with one attached hydrogen (secondary N) is 1. The third kappa shape index (κ3) is 2.41. The molecule has 0 fully saturated rings. The first-order chi connectivity index (χ1) is 6.54. The van der Waals surface area contributed by atoms with Crippen molar-refractivity contribution in [3.05, 3.63) is 29.6 Å². The van der Waals surface area contributed by atoms with Crippen LogP contribution in [0.25, 0.3) is 0 Å². The maximum Gasteiger partial charge on any atom is 0.234 e. The molecule has 14 heavy (non-hydrogen) atoms. The number of anilines is 1. The molecule has 0 aliphatic rings. The van der Waals surface area contributed by atoms with Crippen LogP contribution in [0.3, 0.4) is 0 Å². The number of halogens is 3. The molecule has 0 aliphatic carbocycles. The standard InChI is InChI=1S/C8H6F3NOS/c9-4-1-5(10)8(6(11)2-4)12-7(13)3-14/h1-2,14H,3H2,(H,12,13). The van der Waals surface area contributed by atoms with Crippen molar-refractivity contribution in [2.45, 2.75) is 0 Å². The van der Waals surface area contributed by atoms with Crippen LogP contribution in [0.2, 0.25) is 0 Å². The Balaban J connectivity index is 3.02. The second-order valence-corrected chi connectivity index (χ2v) is 2.77. The van der Waals surface area contributed by atoms with Crippen LogP contribution in [0.1, 0.15) is 0 Å². The maximum absolute atomic E-state index is 12.9. The van der Waals surface area contributed by atoms with Crippen molar-refractivity contribution in [2.24, 2.45) is 0 Å². The van der Waals surface area contributed by atoms with Gasteiger partial charge in [0.25, 0.3) is 0 Å². The van der Waals surface area contributed by atoms with Gasteiger partial charge in [0.05, 0.1) is 5.75 Å². The van der Waals surface area contributed by atoms with E-state index in [9.17, 15) is 18.0 Å². The fourth-order valence-corrected chi connectivity index (χ4v) is 0.920. The highest BCUT2D eigenvalue weighted by molar-refractivity contribution is 7.81. The molecule has 0 spiro atoms. The van der Waals surface area contributed by atoms with E-state index in [2.05, 4.69) is 12.6 Å². The number of carbonyl (C=O) groups is 1. The molecule has 1 aromatic carbocycles. The van der Waals surface area contributed by atoms with Crippen LogP contribution in [0, 0.1) is 17.5 Å². The average molecular weight is 221 g/mol. The maximum atomic E-state index is 12.9. The van der Waals surface area contributed by atoms with Crippen molar-refractivity contribution in [1.29, 1.82) is 0 Å². The summed E-state index contributed by atoms with van der Waals surface area (Å²) < 4.78 is 38.2. The van der Waals surface area contributed by atoms with E-state index in [4.69, 9.17) is 0 Å². The lowest BCUT2D eigenvalue weighted by molar-refractivity contribution is -0.113. The van der Waals surface area contributed by atoms with Crippen molar-refractivity contribution in [1.82, 2.24) is 0 Å². The summed E-state index contributed by atoms with van der Waals surface area (Å²) >= 11 is 3.60. The average Bonchev–Trinajstić information content (AvgIpc) is 2.10. The molecule has 2 nitrogen and oxygen atoms in total. The zero-order valence-corrected chi connectivity index (χ0v) is 7.75. The van der Waals surface area contributed by atoms with E-state index in [0.717, 1.165) is 0 Å². The van der Waals surface area contributed by atoms with Gasteiger partial charge in [-0.3, -0.25) is 4.79 Å². The van der Waals surface area contributed by atoms with Crippen LogP contribution in [-0.2, 0) is 4.79 Å². The summed E-state index contributed by atoms with van der Waals surface area (Å²) in [6.07, 6.45) is 0. The molecule has 0 saturated carbocycles. The molecule has 0 aliphatic heterocycles. The third-order valence-corrected chi connectivity index (χ3v) is 1.70. The molecule has 76 valence electrons. The van der Waals surface area contributed by atoms with Gasteiger partial charge in [-0.05, 0) is 0 Å². The number of hydrogen-bond acceptors (Lipinski definition) is 2. The minimum absolute atomic E-state index is 0.212. The molecule has 1 N–H and O–H groups in total. The summed E-state index contributed by atoms with van der Waals surface area (Å²) in [5.41, 5.74) is -0.662. The van der Waals surface area contributed by atoms with Crippen LogP contribution in [0.15, 0.2) is 12.1 Å². The van der Waals surface area contributed by atoms with E-state index in [0.29, 0.717) is 12.1 Å². The predicted molar refractivity (Wildman–Crippen MR) is 48.8 cm³/mol. The van der Waals surface area contributed by atoms with E-state index >= 15 is 0 Å². The molecule has 1 aromatic rings. The molecular weight excluding hydrogens is 215 g/mol. The quantitative estimate of drug-likeness (QED) is 0.734. The van der Waals surface area contributed by atoms with E-state index in [1.54, 1.807) is 0 Å². The van der Waals surface area contributed by atoms with Crippen molar-refractivity contribution >= 4 is 24.2 Å². The number of amides is 1. The first-order valence-corrected chi connectivity index (χ1v) is 4.23. The molecule has 0 radical (unpaired) electrons. The van der Waals surface area contributed by atoms with Crippen molar-refractivity contribution in [3.63, 3.8) is 0 Å². The van der Waals surface area contributed by atoms with E-state index in [1.807, 2.05) is 5.32 Å². The van der Waals surface area contributed by atoms with Gasteiger partial charge in [-0.15, -0.1) is 0 Å². The molecule has 0 atom stereocenters. The number of thiol groups is 1. The Kier molecular flexibility index (Phi) is 3.40. The van der Waals surface area contributed by atoms with Gasteiger partial charge < -0.3 is 5.32 Å². The van der Waals surface area contributed by atoms with Crippen LogP contribution >= 0.6 is 12.6 Å². The Morgan fingerprint density at radius 1 is 1.29 bits per heavy atom. The van der Waals surface area contributed by atoms with Gasteiger partial charge in [-0.1, -0.05) is 0 Å². The first-order valence-electron chi connectivity index (χ1n) is 3.60.